The average Bonchev–Trinajstić information content (AvgIpc) is 3.38. The molecule has 1 saturated heterocycles. The molecule has 158 valence electrons. The van der Waals surface area contributed by atoms with Gasteiger partial charge in [-0.25, -0.2) is 19.7 Å². The number of hydrogen-bond acceptors (Lipinski definition) is 7. The third-order valence-corrected chi connectivity index (χ3v) is 5.42. The van der Waals surface area contributed by atoms with Crippen molar-refractivity contribution in [3.8, 4) is 0 Å². The molecule has 10 heteroatoms. The van der Waals surface area contributed by atoms with Crippen molar-refractivity contribution in [1.82, 2.24) is 25.0 Å². The first-order valence-corrected chi connectivity index (χ1v) is 10.00. The van der Waals surface area contributed by atoms with E-state index in [1.54, 1.807) is 12.1 Å². The molecule has 1 fully saturated rings. The zero-order valence-electron chi connectivity index (χ0n) is 16.8. The van der Waals surface area contributed by atoms with Crippen molar-refractivity contribution in [2.45, 2.75) is 44.7 Å². The Kier molecular flexibility index (Phi) is 5.60. The summed E-state index contributed by atoms with van der Waals surface area (Å²) < 4.78 is 15.6. The van der Waals surface area contributed by atoms with E-state index in [1.807, 2.05) is 13.0 Å². The number of anilines is 1. The average molecular weight is 412 g/mol. The van der Waals surface area contributed by atoms with Crippen LogP contribution in [0.25, 0.3) is 5.65 Å². The predicted molar refractivity (Wildman–Crippen MR) is 110 cm³/mol. The van der Waals surface area contributed by atoms with E-state index in [1.165, 1.54) is 16.9 Å². The molecule has 4 heterocycles. The second kappa shape index (κ2) is 8.33. The highest BCUT2D eigenvalue weighted by Gasteiger charge is 2.30. The summed E-state index contributed by atoms with van der Waals surface area (Å²) in [6, 6.07) is 5.21. The van der Waals surface area contributed by atoms with E-state index in [-0.39, 0.29) is 23.6 Å². The fraction of sp³-hybridized carbons (Fsp3) is 0.400. The van der Waals surface area contributed by atoms with Crippen LogP contribution in [0.2, 0.25) is 0 Å². The molecule has 0 spiro atoms. The van der Waals surface area contributed by atoms with Gasteiger partial charge in [0.2, 0.25) is 0 Å². The van der Waals surface area contributed by atoms with E-state index in [0.717, 1.165) is 37.1 Å². The number of fused-ring (bicyclic) bond motifs is 1. The van der Waals surface area contributed by atoms with Crippen LogP contribution in [0.1, 0.15) is 54.0 Å². The Balaban J connectivity index is 1.71. The molecule has 3 aromatic rings. The molecule has 30 heavy (non-hydrogen) atoms. The van der Waals surface area contributed by atoms with Crippen molar-refractivity contribution >= 4 is 17.4 Å². The topological polar surface area (TPSA) is 127 Å². The number of nitrogens with one attached hydrogen (secondary N) is 1. The Hall–Kier alpha value is -3.11. The van der Waals surface area contributed by atoms with Crippen molar-refractivity contribution < 1.29 is 9.18 Å². The summed E-state index contributed by atoms with van der Waals surface area (Å²) in [5, 5.41) is 4.62. The van der Waals surface area contributed by atoms with Gasteiger partial charge in [0.05, 0.1) is 18.4 Å². The van der Waals surface area contributed by atoms with E-state index in [9.17, 15) is 9.18 Å². The molecule has 1 amide bonds. The molecular weight excluding hydrogens is 387 g/mol. The van der Waals surface area contributed by atoms with Gasteiger partial charge in [0, 0.05) is 18.3 Å². The summed E-state index contributed by atoms with van der Waals surface area (Å²) in [4.78, 5) is 22.7. The number of rotatable bonds is 6. The van der Waals surface area contributed by atoms with E-state index in [2.05, 4.69) is 25.4 Å². The standard InChI is InChI=1S/C20H25FN8O/c1-12(22)4-5-15-14(9-13(21)10-24-15)16-3-2-8-28(16)19-7-6-18-25-11-17(20(30)26-23)29(18)27-19/h6-7,9-12,16H,2-5,8,22-23H2,1H3,(H,26,30)/t12-,16?/m1/s1. The predicted octanol–water partition coefficient (Wildman–Crippen LogP) is 1.49. The second-order valence-electron chi connectivity index (χ2n) is 7.64. The van der Waals surface area contributed by atoms with Crippen LogP contribution in [-0.2, 0) is 6.42 Å². The van der Waals surface area contributed by atoms with Gasteiger partial charge in [-0.05, 0) is 56.4 Å². The first-order chi connectivity index (χ1) is 14.5. The molecule has 0 saturated carbocycles. The summed E-state index contributed by atoms with van der Waals surface area (Å²) in [5.74, 6) is 5.11. The quantitative estimate of drug-likeness (QED) is 0.318. The van der Waals surface area contributed by atoms with E-state index >= 15 is 0 Å². The van der Waals surface area contributed by atoms with Crippen molar-refractivity contribution in [3.63, 3.8) is 0 Å². The number of pyridine rings is 1. The lowest BCUT2D eigenvalue weighted by Crippen LogP contribution is -2.31. The van der Waals surface area contributed by atoms with Gasteiger partial charge >= 0.3 is 0 Å². The van der Waals surface area contributed by atoms with Gasteiger partial charge in [-0.1, -0.05) is 0 Å². The minimum absolute atomic E-state index is 0.0433. The minimum Gasteiger partial charge on any atom is -0.348 e. The molecule has 9 nitrogen and oxygen atoms in total. The fourth-order valence-corrected chi connectivity index (χ4v) is 3.95. The summed E-state index contributed by atoms with van der Waals surface area (Å²) in [6.07, 6.45) is 5.94. The van der Waals surface area contributed by atoms with Crippen LogP contribution in [0.15, 0.2) is 30.6 Å². The summed E-state index contributed by atoms with van der Waals surface area (Å²) in [6.45, 7) is 2.71. The van der Waals surface area contributed by atoms with Crippen molar-refractivity contribution in [3.05, 3.63) is 53.4 Å². The zero-order valence-corrected chi connectivity index (χ0v) is 16.8. The van der Waals surface area contributed by atoms with Gasteiger partial charge in [0.25, 0.3) is 5.91 Å². The summed E-state index contributed by atoms with van der Waals surface area (Å²) in [7, 11) is 0. The Bertz CT molecular complexity index is 1070. The fourth-order valence-electron chi connectivity index (χ4n) is 3.95. The number of amides is 1. The molecule has 1 unspecified atom stereocenters. The lowest BCUT2D eigenvalue weighted by molar-refractivity contribution is 0.0946. The summed E-state index contributed by atoms with van der Waals surface area (Å²) >= 11 is 0. The number of carbonyl (C=O) groups excluding carboxylic acids is 1. The van der Waals surface area contributed by atoms with E-state index in [4.69, 9.17) is 11.6 Å². The van der Waals surface area contributed by atoms with Crippen molar-refractivity contribution in [1.29, 1.82) is 0 Å². The molecule has 2 atom stereocenters. The minimum atomic E-state index is -0.474. The maximum atomic E-state index is 14.1. The number of nitrogens with two attached hydrogens (primary N) is 2. The number of carbonyl (C=O) groups is 1. The second-order valence-corrected chi connectivity index (χ2v) is 7.64. The van der Waals surface area contributed by atoms with Crippen LogP contribution >= 0.6 is 0 Å². The number of halogens is 1. The molecule has 1 aliphatic heterocycles. The maximum Gasteiger partial charge on any atom is 0.285 e. The highest BCUT2D eigenvalue weighted by molar-refractivity contribution is 5.92. The first kappa shape index (κ1) is 20.2. The van der Waals surface area contributed by atoms with Gasteiger partial charge < -0.3 is 10.6 Å². The van der Waals surface area contributed by atoms with Gasteiger partial charge in [0.15, 0.2) is 11.3 Å². The van der Waals surface area contributed by atoms with Crippen molar-refractivity contribution in [2.24, 2.45) is 11.6 Å². The van der Waals surface area contributed by atoms with E-state index in [0.29, 0.717) is 17.9 Å². The smallest absolute Gasteiger partial charge is 0.285 e. The Labute approximate surface area is 173 Å². The molecule has 0 aromatic carbocycles. The molecule has 0 aliphatic carbocycles. The van der Waals surface area contributed by atoms with Crippen LogP contribution in [0.4, 0.5) is 10.2 Å². The third-order valence-electron chi connectivity index (χ3n) is 5.42. The van der Waals surface area contributed by atoms with Crippen LogP contribution in [0.5, 0.6) is 0 Å². The summed E-state index contributed by atoms with van der Waals surface area (Å²) in [5.41, 5.74) is 10.5. The molecule has 3 aromatic heterocycles. The Morgan fingerprint density at radius 3 is 2.97 bits per heavy atom. The number of aryl methyl sites for hydroxylation is 1. The molecule has 5 N–H and O–H groups in total. The normalized spacial score (nSPS) is 17.5. The molecule has 4 rings (SSSR count). The molecule has 1 aliphatic rings. The monoisotopic (exact) mass is 412 g/mol. The van der Waals surface area contributed by atoms with E-state index < -0.39 is 5.91 Å². The van der Waals surface area contributed by atoms with Crippen LogP contribution in [0.3, 0.4) is 0 Å². The van der Waals surface area contributed by atoms with Gasteiger partial charge in [0.1, 0.15) is 11.6 Å². The maximum absolute atomic E-state index is 14.1. The van der Waals surface area contributed by atoms with Gasteiger partial charge in [-0.2, -0.15) is 0 Å². The van der Waals surface area contributed by atoms with Crippen LogP contribution < -0.4 is 21.9 Å². The first-order valence-electron chi connectivity index (χ1n) is 10.00. The molecule has 0 bridgehead atoms. The third kappa shape index (κ3) is 3.83. The van der Waals surface area contributed by atoms with Crippen LogP contribution in [0, 0.1) is 5.82 Å². The Morgan fingerprint density at radius 2 is 2.20 bits per heavy atom. The highest BCUT2D eigenvalue weighted by atomic mass is 19.1. The number of nitrogen functional groups attached to an aromatic ring is 1. The van der Waals surface area contributed by atoms with Crippen LogP contribution in [-0.4, -0.2) is 38.1 Å². The number of aromatic nitrogens is 4. The lowest BCUT2D eigenvalue weighted by atomic mass is 9.98. The molecular formula is C20H25FN8O. The number of nitrogens with zero attached hydrogens (tertiary/aromatic N) is 5. The molecule has 0 radical (unpaired) electrons. The number of hydrazine groups is 1. The largest absolute Gasteiger partial charge is 0.348 e. The van der Waals surface area contributed by atoms with Gasteiger partial charge in [-0.3, -0.25) is 15.2 Å². The van der Waals surface area contributed by atoms with Crippen molar-refractivity contribution in [2.75, 3.05) is 11.4 Å². The highest BCUT2D eigenvalue weighted by Crippen LogP contribution is 2.37. The zero-order chi connectivity index (χ0) is 21.3. The SMILES string of the molecule is C[C@@H](N)CCc1ncc(F)cc1C1CCCN1c1ccc2ncc(C(=O)NN)n2n1. The number of imidazole rings is 1. The lowest BCUT2D eigenvalue weighted by Gasteiger charge is -2.27. The number of hydrogen-bond donors (Lipinski definition) is 3. The Morgan fingerprint density at radius 1 is 1.37 bits per heavy atom. The van der Waals surface area contributed by atoms with Gasteiger partial charge in [-0.15, -0.1) is 5.10 Å².